The summed E-state index contributed by atoms with van der Waals surface area (Å²) in [5.74, 6) is -1.46. The predicted octanol–water partition coefficient (Wildman–Crippen LogP) is 2.76. The summed E-state index contributed by atoms with van der Waals surface area (Å²) < 4.78 is 11.2. The van der Waals surface area contributed by atoms with Crippen molar-refractivity contribution >= 4 is 18.0 Å². The largest absolute Gasteiger partial charge is 0.480 e. The quantitative estimate of drug-likeness (QED) is 0.726. The Balaban J connectivity index is 1.23. The number of amides is 2. The maximum absolute atomic E-state index is 12.9. The van der Waals surface area contributed by atoms with Gasteiger partial charge in [-0.1, -0.05) is 48.5 Å². The molecular weight excluding hydrogens is 424 g/mol. The minimum Gasteiger partial charge on any atom is -0.480 e. The van der Waals surface area contributed by atoms with E-state index in [-0.39, 0.29) is 18.4 Å². The van der Waals surface area contributed by atoms with Crippen LogP contribution in [0.3, 0.4) is 0 Å². The fraction of sp³-hybridized carbons (Fsp3) is 0.400. The van der Waals surface area contributed by atoms with Crippen molar-refractivity contribution in [2.24, 2.45) is 0 Å². The van der Waals surface area contributed by atoms with E-state index in [1.54, 1.807) is 0 Å². The number of carboxylic acid groups (broad SMARTS) is 1. The Morgan fingerprint density at radius 2 is 1.70 bits per heavy atom. The molecule has 2 aliphatic heterocycles. The zero-order valence-electron chi connectivity index (χ0n) is 18.1. The fourth-order valence-electron chi connectivity index (χ4n) is 5.22. The van der Waals surface area contributed by atoms with E-state index >= 15 is 0 Å². The smallest absolute Gasteiger partial charge is 0.407 e. The van der Waals surface area contributed by atoms with Gasteiger partial charge in [-0.2, -0.15) is 0 Å². The van der Waals surface area contributed by atoms with E-state index in [0.29, 0.717) is 32.4 Å². The summed E-state index contributed by atoms with van der Waals surface area (Å²) in [6.07, 6.45) is 0.0245. The molecule has 0 radical (unpaired) electrons. The number of fused-ring (bicyclic) bond motifs is 3. The van der Waals surface area contributed by atoms with Crippen molar-refractivity contribution < 1.29 is 29.0 Å². The lowest BCUT2D eigenvalue weighted by Gasteiger charge is -2.27. The number of carbonyl (C=O) groups is 3. The van der Waals surface area contributed by atoms with Crippen molar-refractivity contribution in [1.29, 1.82) is 0 Å². The zero-order chi connectivity index (χ0) is 22.9. The molecule has 0 unspecified atom stereocenters. The molecule has 2 aromatic carbocycles. The molecule has 33 heavy (non-hydrogen) atoms. The normalized spacial score (nSPS) is 23.8. The number of ether oxygens (including phenoxy) is 2. The highest BCUT2D eigenvalue weighted by Crippen LogP contribution is 2.44. The van der Waals surface area contributed by atoms with Gasteiger partial charge >= 0.3 is 12.1 Å². The van der Waals surface area contributed by atoms with Crippen molar-refractivity contribution in [2.75, 3.05) is 19.8 Å². The molecular formula is C25H26N2O6. The SMILES string of the molecule is O=C(N[C@H]1CCO[C@H]1C(=O)N1CCC[C@@H]1C(=O)O)OCC1c2ccccc2-c2ccccc21. The van der Waals surface area contributed by atoms with Crippen LogP contribution in [0, 0.1) is 0 Å². The van der Waals surface area contributed by atoms with Gasteiger partial charge in [-0.3, -0.25) is 4.79 Å². The zero-order valence-corrected chi connectivity index (χ0v) is 18.1. The molecule has 172 valence electrons. The molecule has 0 saturated carbocycles. The molecule has 2 fully saturated rings. The van der Waals surface area contributed by atoms with Crippen molar-refractivity contribution in [3.8, 4) is 11.1 Å². The number of alkyl carbamates (subject to hydrolysis) is 1. The highest BCUT2D eigenvalue weighted by atomic mass is 16.6. The molecule has 0 aromatic heterocycles. The highest BCUT2D eigenvalue weighted by molar-refractivity contribution is 5.88. The summed E-state index contributed by atoms with van der Waals surface area (Å²) in [4.78, 5) is 38.4. The maximum atomic E-state index is 12.9. The number of hydrogen-bond donors (Lipinski definition) is 2. The summed E-state index contributed by atoms with van der Waals surface area (Å²) in [7, 11) is 0. The molecule has 2 saturated heterocycles. The van der Waals surface area contributed by atoms with Gasteiger partial charge in [-0.05, 0) is 41.5 Å². The van der Waals surface area contributed by atoms with Crippen LogP contribution >= 0.6 is 0 Å². The number of rotatable bonds is 5. The molecule has 8 nitrogen and oxygen atoms in total. The number of likely N-dealkylation sites (tertiary alicyclic amines) is 1. The van der Waals surface area contributed by atoms with E-state index in [1.165, 1.54) is 4.90 Å². The number of nitrogens with zero attached hydrogens (tertiary/aromatic N) is 1. The van der Waals surface area contributed by atoms with Crippen LogP contribution < -0.4 is 5.32 Å². The van der Waals surface area contributed by atoms with Gasteiger partial charge in [-0.25, -0.2) is 9.59 Å². The van der Waals surface area contributed by atoms with Gasteiger partial charge in [0, 0.05) is 19.1 Å². The third-order valence-electron chi connectivity index (χ3n) is 6.80. The Morgan fingerprint density at radius 3 is 2.36 bits per heavy atom. The summed E-state index contributed by atoms with van der Waals surface area (Å²) in [6.45, 7) is 0.878. The van der Waals surface area contributed by atoms with Crippen molar-refractivity contribution in [1.82, 2.24) is 10.2 Å². The summed E-state index contributed by atoms with van der Waals surface area (Å²) in [6, 6.07) is 14.8. The molecule has 3 atom stereocenters. The molecule has 0 bridgehead atoms. The molecule has 5 rings (SSSR count). The first-order valence-corrected chi connectivity index (χ1v) is 11.3. The number of carbonyl (C=O) groups excluding carboxylic acids is 2. The Labute approximate surface area is 191 Å². The van der Waals surface area contributed by atoms with Crippen molar-refractivity contribution in [2.45, 2.75) is 43.4 Å². The van der Waals surface area contributed by atoms with Gasteiger partial charge in [-0.15, -0.1) is 0 Å². The van der Waals surface area contributed by atoms with Gasteiger partial charge in [0.2, 0.25) is 0 Å². The van der Waals surface area contributed by atoms with E-state index < -0.39 is 30.3 Å². The van der Waals surface area contributed by atoms with Crippen LogP contribution in [0.2, 0.25) is 0 Å². The van der Waals surface area contributed by atoms with Crippen LogP contribution in [0.25, 0.3) is 11.1 Å². The van der Waals surface area contributed by atoms with Crippen LogP contribution in [-0.2, 0) is 19.1 Å². The topological polar surface area (TPSA) is 105 Å². The second-order valence-electron chi connectivity index (χ2n) is 8.68. The van der Waals surface area contributed by atoms with Gasteiger partial charge in [0.05, 0.1) is 6.04 Å². The average Bonchev–Trinajstić information content (AvgIpc) is 3.55. The van der Waals surface area contributed by atoms with Crippen molar-refractivity contribution in [3.05, 3.63) is 59.7 Å². The first-order valence-electron chi connectivity index (χ1n) is 11.3. The van der Waals surface area contributed by atoms with Gasteiger partial charge in [0.1, 0.15) is 12.6 Å². The Hall–Kier alpha value is -3.39. The maximum Gasteiger partial charge on any atom is 0.407 e. The van der Waals surface area contributed by atoms with E-state index in [9.17, 15) is 19.5 Å². The average molecular weight is 450 g/mol. The summed E-state index contributed by atoms with van der Waals surface area (Å²) >= 11 is 0. The van der Waals surface area contributed by atoms with Crippen LogP contribution in [0.4, 0.5) is 4.79 Å². The second-order valence-corrected chi connectivity index (χ2v) is 8.68. The van der Waals surface area contributed by atoms with Gasteiger partial charge in [0.15, 0.2) is 6.10 Å². The third-order valence-corrected chi connectivity index (χ3v) is 6.80. The number of hydrogen-bond acceptors (Lipinski definition) is 5. The molecule has 0 spiro atoms. The summed E-state index contributed by atoms with van der Waals surface area (Å²) in [5, 5.41) is 12.1. The van der Waals surface area contributed by atoms with Crippen LogP contribution in [0.5, 0.6) is 0 Å². The number of aliphatic carboxylic acids is 1. The third kappa shape index (κ3) is 3.95. The predicted molar refractivity (Wildman–Crippen MR) is 119 cm³/mol. The van der Waals surface area contributed by atoms with Crippen molar-refractivity contribution in [3.63, 3.8) is 0 Å². The number of nitrogens with one attached hydrogen (secondary N) is 1. The lowest BCUT2D eigenvalue weighted by molar-refractivity contribution is -0.152. The van der Waals surface area contributed by atoms with E-state index in [0.717, 1.165) is 22.3 Å². The number of carboxylic acids is 1. The fourth-order valence-corrected chi connectivity index (χ4v) is 5.22. The monoisotopic (exact) mass is 450 g/mol. The highest BCUT2D eigenvalue weighted by Gasteiger charge is 2.43. The molecule has 1 aliphatic carbocycles. The van der Waals surface area contributed by atoms with E-state index in [4.69, 9.17) is 9.47 Å². The molecule has 2 heterocycles. The first-order chi connectivity index (χ1) is 16.0. The minimum atomic E-state index is -1.01. The van der Waals surface area contributed by atoms with Gasteiger partial charge in [0.25, 0.3) is 5.91 Å². The molecule has 8 heteroatoms. The Kier molecular flexibility index (Phi) is 5.76. The standard InChI is InChI=1S/C25H26N2O6/c28-23(27-12-5-10-21(27)24(29)30)22-20(11-13-32-22)26-25(31)33-14-19-17-8-3-1-6-15(17)16-7-2-4-9-18(16)19/h1-4,6-9,19-22H,5,10-14H2,(H,26,31)(H,29,30)/t20-,21+,22+/m0/s1. The number of benzene rings is 2. The van der Waals surface area contributed by atoms with Crippen LogP contribution in [0.1, 0.15) is 36.3 Å². The summed E-state index contributed by atoms with van der Waals surface area (Å²) in [5.41, 5.74) is 4.54. The van der Waals surface area contributed by atoms with E-state index in [2.05, 4.69) is 29.6 Å². The van der Waals surface area contributed by atoms with E-state index in [1.807, 2.05) is 24.3 Å². The van der Waals surface area contributed by atoms with Crippen LogP contribution in [0.15, 0.2) is 48.5 Å². The molecule has 2 N–H and O–H groups in total. The molecule has 3 aliphatic rings. The minimum absolute atomic E-state index is 0.0543. The second kappa shape index (κ2) is 8.86. The lowest BCUT2D eigenvalue weighted by Crippen LogP contribution is -2.52. The first kappa shape index (κ1) is 21.5. The van der Waals surface area contributed by atoms with Crippen LogP contribution in [-0.4, -0.2) is 65.9 Å². The molecule has 2 aromatic rings. The Bertz CT molecular complexity index is 1040. The Morgan fingerprint density at radius 1 is 1.03 bits per heavy atom. The molecule has 2 amide bonds. The lowest BCUT2D eigenvalue weighted by atomic mass is 9.98. The van der Waals surface area contributed by atoms with Gasteiger partial charge < -0.3 is 24.8 Å².